The van der Waals surface area contributed by atoms with E-state index in [1.807, 2.05) is 0 Å². The Hall–Kier alpha value is -1.75. The Balaban J connectivity index is 0.00000208. The van der Waals surface area contributed by atoms with Gasteiger partial charge in [0.1, 0.15) is 5.75 Å². The molecular formula is C14H10NNaO7S. The van der Waals surface area contributed by atoms with E-state index in [9.17, 15) is 28.2 Å². The van der Waals surface area contributed by atoms with E-state index in [1.54, 1.807) is 6.07 Å². The molecule has 0 radical (unpaired) electrons. The molecule has 120 valence electrons. The quantitative estimate of drug-likeness (QED) is 0.422. The van der Waals surface area contributed by atoms with Crippen LogP contribution in [0.25, 0.3) is 0 Å². The van der Waals surface area contributed by atoms with Gasteiger partial charge in [0.15, 0.2) is 22.2 Å². The molecule has 3 rings (SSSR count). The first-order valence-corrected chi connectivity index (χ1v) is 7.61. The molecule has 4 N–H and O–H groups in total. The summed E-state index contributed by atoms with van der Waals surface area (Å²) in [5.41, 5.74) is -0.723. The van der Waals surface area contributed by atoms with Gasteiger partial charge in [-0.05, 0) is 6.07 Å². The second-order valence-electron chi connectivity index (χ2n) is 4.75. The van der Waals surface area contributed by atoms with Crippen LogP contribution in [0.4, 0.5) is 0 Å². The molecule has 0 fully saturated rings. The zero-order valence-electron chi connectivity index (χ0n) is 11.3. The molecule has 0 unspecified atom stereocenters. The molecule has 8 nitrogen and oxygen atoms in total. The van der Waals surface area contributed by atoms with Gasteiger partial charge in [-0.1, -0.05) is 24.3 Å². The number of carbonyl (C=O) groups excluding carboxylic acids is 2. The van der Waals surface area contributed by atoms with Crippen LogP contribution < -0.4 is 5.90 Å². The minimum absolute atomic E-state index is 0. The van der Waals surface area contributed by atoms with Crippen molar-refractivity contribution in [3.63, 3.8) is 0 Å². The van der Waals surface area contributed by atoms with Crippen LogP contribution in [-0.4, -0.2) is 59.8 Å². The van der Waals surface area contributed by atoms with Crippen molar-refractivity contribution in [1.82, 2.24) is 0 Å². The summed E-state index contributed by atoms with van der Waals surface area (Å²) in [7, 11) is -4.70. The SMILES string of the molecule is NOS(=O)(=O)c1c(O)cc2c(c1O)C(=O)c1ccccc1C2=O.[NaH]. The molecule has 0 saturated heterocycles. The first-order chi connectivity index (χ1) is 10.8. The fraction of sp³-hybridized carbons (Fsp3) is 0. The Kier molecular flexibility index (Phi) is 4.86. The van der Waals surface area contributed by atoms with Crippen LogP contribution >= 0.6 is 0 Å². The summed E-state index contributed by atoms with van der Waals surface area (Å²) in [6, 6.07) is 6.65. The minimum atomic E-state index is -4.70. The fourth-order valence-corrected chi connectivity index (χ4v) is 3.25. The maximum absolute atomic E-state index is 12.5. The second-order valence-corrected chi connectivity index (χ2v) is 6.26. The Bertz CT molecular complexity index is 985. The molecule has 0 amide bonds. The van der Waals surface area contributed by atoms with Crippen LogP contribution in [-0.2, 0) is 14.4 Å². The molecule has 0 aromatic heterocycles. The van der Waals surface area contributed by atoms with Gasteiger partial charge in [0.2, 0.25) is 0 Å². The predicted molar refractivity (Wildman–Crippen MR) is 82.7 cm³/mol. The molecule has 1 aliphatic carbocycles. The molecule has 0 bridgehead atoms. The van der Waals surface area contributed by atoms with Crippen molar-refractivity contribution >= 4 is 51.2 Å². The third kappa shape index (κ3) is 2.55. The molecule has 0 spiro atoms. The molecule has 1 aliphatic rings. The third-order valence-corrected chi connectivity index (χ3v) is 4.66. The summed E-state index contributed by atoms with van der Waals surface area (Å²) in [6.07, 6.45) is 0. The van der Waals surface area contributed by atoms with Gasteiger partial charge < -0.3 is 10.2 Å². The average molecular weight is 359 g/mol. The maximum atomic E-state index is 12.5. The topological polar surface area (TPSA) is 144 Å². The zero-order chi connectivity index (χ0) is 16.9. The number of carbonyl (C=O) groups is 2. The van der Waals surface area contributed by atoms with Crippen LogP contribution in [0.2, 0.25) is 0 Å². The fourth-order valence-electron chi connectivity index (χ4n) is 2.50. The number of hydrogen-bond acceptors (Lipinski definition) is 8. The number of phenols is 2. The van der Waals surface area contributed by atoms with Crippen molar-refractivity contribution in [3.8, 4) is 11.5 Å². The van der Waals surface area contributed by atoms with Gasteiger partial charge in [-0.25, -0.2) is 0 Å². The summed E-state index contributed by atoms with van der Waals surface area (Å²) in [5, 5.41) is 20.0. The van der Waals surface area contributed by atoms with Crippen molar-refractivity contribution in [2.75, 3.05) is 0 Å². The van der Waals surface area contributed by atoms with Crippen LogP contribution in [0.3, 0.4) is 0 Å². The van der Waals surface area contributed by atoms with Crippen LogP contribution in [0.5, 0.6) is 11.5 Å². The van der Waals surface area contributed by atoms with E-state index in [2.05, 4.69) is 10.2 Å². The number of hydrogen-bond donors (Lipinski definition) is 3. The van der Waals surface area contributed by atoms with Crippen LogP contribution in [0.1, 0.15) is 31.8 Å². The van der Waals surface area contributed by atoms with E-state index in [0.29, 0.717) is 0 Å². The summed E-state index contributed by atoms with van der Waals surface area (Å²) in [5.74, 6) is 1.22. The number of nitrogens with two attached hydrogens (primary N) is 1. The number of fused-ring (bicyclic) bond motifs is 2. The molecule has 0 saturated carbocycles. The van der Waals surface area contributed by atoms with Crippen LogP contribution in [0, 0.1) is 0 Å². The first kappa shape index (κ1) is 18.6. The van der Waals surface area contributed by atoms with Gasteiger partial charge in [0, 0.05) is 16.7 Å². The van der Waals surface area contributed by atoms with Gasteiger partial charge in [0.25, 0.3) is 0 Å². The monoisotopic (exact) mass is 359 g/mol. The number of aromatic hydroxyl groups is 2. The van der Waals surface area contributed by atoms with Gasteiger partial charge in [-0.15, -0.1) is 0 Å². The van der Waals surface area contributed by atoms with Crippen molar-refractivity contribution in [2.45, 2.75) is 4.90 Å². The van der Waals surface area contributed by atoms with E-state index in [1.165, 1.54) is 18.2 Å². The Morgan fingerprint density at radius 1 is 0.958 bits per heavy atom. The van der Waals surface area contributed by atoms with Crippen molar-refractivity contribution < 1.29 is 32.5 Å². The zero-order valence-corrected chi connectivity index (χ0v) is 12.1. The Morgan fingerprint density at radius 3 is 2.04 bits per heavy atom. The van der Waals surface area contributed by atoms with Crippen LogP contribution in [0.15, 0.2) is 35.2 Å². The summed E-state index contributed by atoms with van der Waals surface area (Å²) >= 11 is 0. The first-order valence-electron chi connectivity index (χ1n) is 6.20. The second kappa shape index (κ2) is 6.28. The van der Waals surface area contributed by atoms with Gasteiger partial charge >= 0.3 is 39.7 Å². The Labute approximate surface area is 158 Å². The molecule has 2 aromatic rings. The van der Waals surface area contributed by atoms with Gasteiger partial charge in [-0.3, -0.25) is 9.59 Å². The third-order valence-electron chi connectivity index (χ3n) is 3.50. The molecule has 2 aromatic carbocycles. The van der Waals surface area contributed by atoms with E-state index in [0.717, 1.165) is 6.07 Å². The van der Waals surface area contributed by atoms with Crippen molar-refractivity contribution in [2.24, 2.45) is 5.90 Å². The molecule has 0 aliphatic heterocycles. The van der Waals surface area contributed by atoms with E-state index in [-0.39, 0.29) is 46.2 Å². The standard InChI is InChI=1S/C14H9NO7S.Na.H/c15-22-23(20,21)14-9(16)5-8-10(13(14)19)12(18)7-4-2-1-3-6(7)11(8)17;;/h1-5,16,19H,15H2;;. The number of rotatable bonds is 2. The molecule has 24 heavy (non-hydrogen) atoms. The number of phenolic OH excluding ortho intramolecular Hbond substituents is 2. The normalized spacial score (nSPS) is 13.0. The molecular weight excluding hydrogens is 349 g/mol. The molecule has 10 heteroatoms. The summed E-state index contributed by atoms with van der Waals surface area (Å²) in [6.45, 7) is 0. The molecule has 0 heterocycles. The number of benzene rings is 2. The number of ketones is 2. The van der Waals surface area contributed by atoms with E-state index in [4.69, 9.17) is 0 Å². The molecule has 0 atom stereocenters. The van der Waals surface area contributed by atoms with E-state index >= 15 is 0 Å². The van der Waals surface area contributed by atoms with Gasteiger partial charge in [-0.2, -0.15) is 18.6 Å². The average Bonchev–Trinajstić information content (AvgIpc) is 2.52. The van der Waals surface area contributed by atoms with Crippen molar-refractivity contribution in [3.05, 3.63) is 52.6 Å². The van der Waals surface area contributed by atoms with Crippen molar-refractivity contribution in [1.29, 1.82) is 0 Å². The van der Waals surface area contributed by atoms with Gasteiger partial charge in [0.05, 0.1) is 5.56 Å². The summed E-state index contributed by atoms with van der Waals surface area (Å²) in [4.78, 5) is 23.8. The Morgan fingerprint density at radius 2 is 1.50 bits per heavy atom. The summed E-state index contributed by atoms with van der Waals surface area (Å²) < 4.78 is 27.2. The predicted octanol–water partition coefficient (Wildman–Crippen LogP) is -0.196. The van der Waals surface area contributed by atoms with E-state index < -0.39 is 43.6 Å².